The molecule has 2 nitrogen and oxygen atoms in total. The Morgan fingerprint density at radius 1 is 1.54 bits per heavy atom. The number of nitrogens with zero attached hydrogens (tertiary/aromatic N) is 1. The Morgan fingerprint density at radius 3 is 2.69 bits per heavy atom. The van der Waals surface area contributed by atoms with E-state index in [1.165, 1.54) is 0 Å². The monoisotopic (exact) mass is 262 g/mol. The topological polar surface area (TPSA) is 38.9 Å². The zero-order valence-electron chi connectivity index (χ0n) is 7.59. The van der Waals surface area contributed by atoms with Crippen molar-refractivity contribution in [3.8, 4) is 0 Å². The summed E-state index contributed by atoms with van der Waals surface area (Å²) in [5.41, 5.74) is 7.00. The molecule has 13 heavy (non-hydrogen) atoms. The highest BCUT2D eigenvalue weighted by Gasteiger charge is 2.14. The first-order chi connectivity index (χ1) is 6.02. The van der Waals surface area contributed by atoms with E-state index in [-0.39, 0.29) is 6.04 Å². The summed E-state index contributed by atoms with van der Waals surface area (Å²) in [6.07, 6.45) is 1.68. The predicted octanol–water partition coefficient (Wildman–Crippen LogP) is 3.15. The SMILES string of the molecule is CC(C)C(N)c1cc(Cl)ncc1Br. The van der Waals surface area contributed by atoms with E-state index in [0.29, 0.717) is 11.1 Å². The Kier molecular flexibility index (Phi) is 3.71. The molecule has 0 amide bonds. The number of aromatic nitrogens is 1. The molecule has 1 aromatic heterocycles. The standard InChI is InChI=1S/C9H12BrClN2/c1-5(2)9(12)6-3-8(11)13-4-7(6)10/h3-5,9H,12H2,1-2H3. The smallest absolute Gasteiger partial charge is 0.129 e. The molecule has 1 heterocycles. The highest BCUT2D eigenvalue weighted by molar-refractivity contribution is 9.10. The first-order valence-electron chi connectivity index (χ1n) is 4.09. The number of rotatable bonds is 2. The molecular weight excluding hydrogens is 251 g/mol. The minimum absolute atomic E-state index is 0.00475. The van der Waals surface area contributed by atoms with E-state index in [0.717, 1.165) is 10.0 Å². The predicted molar refractivity (Wildman–Crippen MR) is 58.7 cm³/mol. The fraction of sp³-hybridized carbons (Fsp3) is 0.444. The summed E-state index contributed by atoms with van der Waals surface area (Å²) in [5, 5.41) is 0.481. The molecule has 1 atom stereocenters. The van der Waals surface area contributed by atoms with Crippen molar-refractivity contribution in [3.63, 3.8) is 0 Å². The molecule has 0 aliphatic heterocycles. The summed E-state index contributed by atoms with van der Waals surface area (Å²) in [6.45, 7) is 4.15. The summed E-state index contributed by atoms with van der Waals surface area (Å²) in [5.74, 6) is 0.384. The molecule has 0 bridgehead atoms. The van der Waals surface area contributed by atoms with Gasteiger partial charge < -0.3 is 5.73 Å². The molecule has 0 aliphatic carbocycles. The number of nitrogens with two attached hydrogens (primary N) is 1. The second kappa shape index (κ2) is 4.40. The Balaban J connectivity index is 3.05. The highest BCUT2D eigenvalue weighted by atomic mass is 79.9. The molecule has 0 aromatic carbocycles. The summed E-state index contributed by atoms with van der Waals surface area (Å²) >= 11 is 9.18. The van der Waals surface area contributed by atoms with Crippen LogP contribution in [0.15, 0.2) is 16.7 Å². The molecule has 0 fully saturated rings. The Bertz CT molecular complexity index is 302. The van der Waals surface area contributed by atoms with Crippen LogP contribution in [0.1, 0.15) is 25.5 Å². The Labute approximate surface area is 91.6 Å². The van der Waals surface area contributed by atoms with E-state index in [1.54, 1.807) is 12.3 Å². The minimum Gasteiger partial charge on any atom is -0.324 e. The zero-order chi connectivity index (χ0) is 10.0. The molecule has 0 spiro atoms. The maximum atomic E-state index is 5.99. The van der Waals surface area contributed by atoms with Gasteiger partial charge in [-0.15, -0.1) is 0 Å². The fourth-order valence-electron chi connectivity index (χ4n) is 1.04. The van der Waals surface area contributed by atoms with Crippen LogP contribution in [0.3, 0.4) is 0 Å². The van der Waals surface area contributed by atoms with Crippen LogP contribution in [-0.4, -0.2) is 4.98 Å². The van der Waals surface area contributed by atoms with Gasteiger partial charge in [-0.05, 0) is 33.5 Å². The van der Waals surface area contributed by atoms with Crippen molar-refractivity contribution >= 4 is 27.5 Å². The minimum atomic E-state index is -0.00475. The molecule has 0 saturated heterocycles. The zero-order valence-corrected chi connectivity index (χ0v) is 9.93. The van der Waals surface area contributed by atoms with Gasteiger partial charge in [0.05, 0.1) is 0 Å². The second-order valence-electron chi connectivity index (χ2n) is 3.30. The molecule has 0 saturated carbocycles. The number of hydrogen-bond donors (Lipinski definition) is 1. The van der Waals surface area contributed by atoms with E-state index in [9.17, 15) is 0 Å². The van der Waals surface area contributed by atoms with Gasteiger partial charge in [0.25, 0.3) is 0 Å². The molecule has 1 rings (SSSR count). The van der Waals surface area contributed by atoms with Crippen LogP contribution in [-0.2, 0) is 0 Å². The molecule has 1 aromatic rings. The molecule has 72 valence electrons. The van der Waals surface area contributed by atoms with Gasteiger partial charge in [-0.1, -0.05) is 25.4 Å². The van der Waals surface area contributed by atoms with Crippen LogP contribution in [0.5, 0.6) is 0 Å². The van der Waals surface area contributed by atoms with Crippen LogP contribution in [0.25, 0.3) is 0 Å². The van der Waals surface area contributed by atoms with Crippen molar-refractivity contribution in [2.75, 3.05) is 0 Å². The maximum Gasteiger partial charge on any atom is 0.129 e. The van der Waals surface area contributed by atoms with E-state index < -0.39 is 0 Å². The molecule has 0 aliphatic rings. The molecule has 1 unspecified atom stereocenters. The van der Waals surface area contributed by atoms with Crippen LogP contribution in [0, 0.1) is 5.92 Å². The molecule has 4 heteroatoms. The van der Waals surface area contributed by atoms with Crippen LogP contribution in [0.2, 0.25) is 5.15 Å². The van der Waals surface area contributed by atoms with Gasteiger partial charge in [-0.25, -0.2) is 4.98 Å². The summed E-state index contributed by atoms with van der Waals surface area (Å²) in [6, 6.07) is 1.80. The van der Waals surface area contributed by atoms with Gasteiger partial charge >= 0.3 is 0 Å². The van der Waals surface area contributed by atoms with Gasteiger partial charge in [0.1, 0.15) is 5.15 Å². The van der Waals surface area contributed by atoms with Gasteiger partial charge in [0.15, 0.2) is 0 Å². The third-order valence-electron chi connectivity index (χ3n) is 1.93. The molecule has 0 radical (unpaired) electrons. The van der Waals surface area contributed by atoms with Gasteiger partial charge in [-0.2, -0.15) is 0 Å². The Hall–Kier alpha value is -0.120. The highest BCUT2D eigenvalue weighted by Crippen LogP contribution is 2.27. The van der Waals surface area contributed by atoms with Crippen LogP contribution in [0.4, 0.5) is 0 Å². The number of hydrogen-bond acceptors (Lipinski definition) is 2. The van der Waals surface area contributed by atoms with Gasteiger partial charge in [0, 0.05) is 16.7 Å². The summed E-state index contributed by atoms with van der Waals surface area (Å²) in [7, 11) is 0. The summed E-state index contributed by atoms with van der Waals surface area (Å²) in [4.78, 5) is 3.94. The first-order valence-corrected chi connectivity index (χ1v) is 5.26. The second-order valence-corrected chi connectivity index (χ2v) is 4.54. The van der Waals surface area contributed by atoms with E-state index in [4.69, 9.17) is 17.3 Å². The van der Waals surface area contributed by atoms with E-state index >= 15 is 0 Å². The van der Waals surface area contributed by atoms with Crippen LogP contribution < -0.4 is 5.73 Å². The lowest BCUT2D eigenvalue weighted by atomic mass is 9.98. The fourth-order valence-corrected chi connectivity index (χ4v) is 1.69. The van der Waals surface area contributed by atoms with E-state index in [1.807, 2.05) is 0 Å². The third kappa shape index (κ3) is 2.66. The lowest BCUT2D eigenvalue weighted by Gasteiger charge is -2.17. The Morgan fingerprint density at radius 2 is 2.15 bits per heavy atom. The van der Waals surface area contributed by atoms with Crippen molar-refractivity contribution in [1.29, 1.82) is 0 Å². The molecule has 2 N–H and O–H groups in total. The van der Waals surface area contributed by atoms with Crippen molar-refractivity contribution in [1.82, 2.24) is 4.98 Å². The molecular formula is C9H12BrClN2. The van der Waals surface area contributed by atoms with Crippen LogP contribution >= 0.6 is 27.5 Å². The third-order valence-corrected chi connectivity index (χ3v) is 2.80. The number of halogens is 2. The first kappa shape index (κ1) is 11.0. The number of pyridine rings is 1. The van der Waals surface area contributed by atoms with Crippen molar-refractivity contribution in [3.05, 3.63) is 27.5 Å². The van der Waals surface area contributed by atoms with Crippen molar-refractivity contribution in [2.45, 2.75) is 19.9 Å². The van der Waals surface area contributed by atoms with Gasteiger partial charge in [-0.3, -0.25) is 0 Å². The lowest BCUT2D eigenvalue weighted by molar-refractivity contribution is 0.512. The van der Waals surface area contributed by atoms with Gasteiger partial charge in [0.2, 0.25) is 0 Å². The largest absolute Gasteiger partial charge is 0.324 e. The normalized spacial score (nSPS) is 13.4. The van der Waals surface area contributed by atoms with Crippen molar-refractivity contribution < 1.29 is 0 Å². The average molecular weight is 264 g/mol. The summed E-state index contributed by atoms with van der Waals surface area (Å²) < 4.78 is 0.915. The quantitative estimate of drug-likeness (QED) is 0.833. The maximum absolute atomic E-state index is 5.99. The van der Waals surface area contributed by atoms with Crippen molar-refractivity contribution in [2.24, 2.45) is 11.7 Å². The lowest BCUT2D eigenvalue weighted by Crippen LogP contribution is -2.17. The van der Waals surface area contributed by atoms with E-state index in [2.05, 4.69) is 34.8 Å². The average Bonchev–Trinajstić information content (AvgIpc) is 2.08.